The fourth-order valence-electron chi connectivity index (χ4n) is 9.10. The van der Waals surface area contributed by atoms with Crippen LogP contribution in [0.2, 0.25) is 0 Å². The highest BCUT2D eigenvalue weighted by molar-refractivity contribution is 7.20. The van der Waals surface area contributed by atoms with E-state index in [0.29, 0.717) is 62.6 Å². The van der Waals surface area contributed by atoms with Gasteiger partial charge >= 0.3 is 24.4 Å². The number of nitrogens with zero attached hydrogens (tertiary/aromatic N) is 2. The van der Waals surface area contributed by atoms with Crippen LogP contribution in [-0.2, 0) is 38.0 Å². The van der Waals surface area contributed by atoms with Gasteiger partial charge < -0.3 is 52.4 Å². The van der Waals surface area contributed by atoms with Gasteiger partial charge in [-0.15, -0.1) is 11.3 Å². The molecule has 1 aromatic carbocycles. The van der Waals surface area contributed by atoms with Crippen LogP contribution in [0, 0.1) is 0 Å². The lowest BCUT2D eigenvalue weighted by molar-refractivity contribution is -0.143. The van der Waals surface area contributed by atoms with E-state index >= 15 is 0 Å². The maximum Gasteiger partial charge on any atom is 0.508 e. The summed E-state index contributed by atoms with van der Waals surface area (Å²) in [6, 6.07) is 5.56. The lowest BCUT2D eigenvalue weighted by atomic mass is 10.1. The van der Waals surface area contributed by atoms with Crippen LogP contribution >= 0.6 is 11.3 Å². The minimum Gasteiger partial charge on any atom is -0.493 e. The van der Waals surface area contributed by atoms with Crippen LogP contribution in [0.15, 0.2) is 18.2 Å². The van der Waals surface area contributed by atoms with Crippen LogP contribution in [0.1, 0.15) is 229 Å². The van der Waals surface area contributed by atoms with E-state index in [1.165, 1.54) is 11.3 Å². The predicted octanol–water partition coefficient (Wildman–Crippen LogP) is 15.9. The van der Waals surface area contributed by atoms with Gasteiger partial charge in [-0.25, -0.2) is 14.4 Å². The Balaban J connectivity index is 1.84. The Morgan fingerprint density at radius 1 is 0.367 bits per heavy atom. The molecule has 17 heteroatoms. The third-order valence-electron chi connectivity index (χ3n) is 13.9. The molecule has 0 atom stereocenters. The van der Waals surface area contributed by atoms with Gasteiger partial charge in [0.1, 0.15) is 0 Å². The zero-order valence-electron chi connectivity index (χ0n) is 49.9. The minimum atomic E-state index is -0.566. The molecule has 0 fully saturated rings. The third kappa shape index (κ3) is 38.1. The molecule has 0 radical (unpaired) electrons. The van der Waals surface area contributed by atoms with E-state index in [1.54, 1.807) is 14.2 Å². The number of hydrogen-bond donors (Lipinski definition) is 0. The van der Waals surface area contributed by atoms with Crippen molar-refractivity contribution in [2.24, 2.45) is 0 Å². The molecule has 1 aromatic heterocycles. The first-order valence-corrected chi connectivity index (χ1v) is 31.6. The van der Waals surface area contributed by atoms with Crippen LogP contribution in [-0.4, -0.2) is 140 Å². The average Bonchev–Trinajstić information content (AvgIpc) is 3.95. The normalized spacial score (nSPS) is 11.3. The van der Waals surface area contributed by atoms with Crippen molar-refractivity contribution in [2.75, 3.05) is 99.7 Å². The first kappa shape index (κ1) is 70.8. The molecule has 0 N–H and O–H groups in total. The Labute approximate surface area is 480 Å². The summed E-state index contributed by atoms with van der Waals surface area (Å²) in [4.78, 5) is 67.3. The average molecular weight is 1140 g/mol. The number of esters is 1. The Hall–Kier alpha value is -4.35. The minimum absolute atomic E-state index is 0.0489. The molecule has 0 unspecified atom stereocenters. The molecular formula is C62H106N2O14S. The summed E-state index contributed by atoms with van der Waals surface area (Å²) in [6.45, 7) is 15.3. The van der Waals surface area contributed by atoms with Gasteiger partial charge in [-0.3, -0.25) is 9.59 Å². The number of carbonyl (C=O) groups excluding carboxylic acids is 5. The molecule has 0 aliphatic carbocycles. The third-order valence-corrected chi connectivity index (χ3v) is 15.0. The quantitative estimate of drug-likeness (QED) is 0.0264. The summed E-state index contributed by atoms with van der Waals surface area (Å²) in [5.41, 5.74) is 0. The second kappa shape index (κ2) is 49.5. The lowest BCUT2D eigenvalue weighted by Gasteiger charge is -2.26. The van der Waals surface area contributed by atoms with Gasteiger partial charge in [0.2, 0.25) is 0 Å². The standard InChI is InChI=1S/C62H106N2O14S/c1-6-9-12-27-44-73-60(67)76-47-31-20-16-24-38-63(37-23-15-19-30-43-72-59(66)36-35-54(65)58-51-53-50-55(70-4)56(71-5)52-57(53)79-58)41-34-42-64(39-25-17-21-32-48-77-61(68)74-45-28-13-10-7-2)40-26-18-22-33-49-78-62(69)75-46-29-14-11-8-3/h50-52H,6-49H2,1-5H3. The molecule has 0 amide bonds. The second-order valence-electron chi connectivity index (χ2n) is 20.7. The molecule has 0 saturated carbocycles. The topological polar surface area (TPSA) is 175 Å². The smallest absolute Gasteiger partial charge is 0.493 e. The van der Waals surface area contributed by atoms with Gasteiger partial charge in [-0.2, -0.15) is 0 Å². The van der Waals surface area contributed by atoms with Crippen LogP contribution in [0.5, 0.6) is 11.5 Å². The highest BCUT2D eigenvalue weighted by Crippen LogP contribution is 2.37. The van der Waals surface area contributed by atoms with E-state index in [1.807, 2.05) is 18.2 Å². The number of ketones is 1. The Bertz CT molecular complexity index is 1780. The molecule has 0 bridgehead atoms. The Morgan fingerprint density at radius 3 is 1.04 bits per heavy atom. The molecular weight excluding hydrogens is 1030 g/mol. The summed E-state index contributed by atoms with van der Waals surface area (Å²) < 4.78 is 48.8. The number of unbranched alkanes of at least 4 members (excludes halogenated alkanes) is 21. The fraction of sp³-hybridized carbons (Fsp3) is 0.790. The molecule has 0 aliphatic rings. The highest BCUT2D eigenvalue weighted by atomic mass is 32.1. The number of fused-ring (bicyclic) bond motifs is 1. The van der Waals surface area contributed by atoms with Crippen LogP contribution in [0.25, 0.3) is 10.1 Å². The van der Waals surface area contributed by atoms with Gasteiger partial charge in [0.15, 0.2) is 17.3 Å². The van der Waals surface area contributed by atoms with E-state index < -0.39 is 18.5 Å². The van der Waals surface area contributed by atoms with Crippen molar-refractivity contribution < 1.29 is 66.6 Å². The van der Waals surface area contributed by atoms with Crippen molar-refractivity contribution in [3.63, 3.8) is 0 Å². The summed E-state index contributed by atoms with van der Waals surface area (Å²) >= 11 is 1.38. The molecule has 2 aromatic rings. The first-order valence-electron chi connectivity index (χ1n) is 30.8. The number of thiophene rings is 1. The van der Waals surface area contributed by atoms with E-state index in [-0.39, 0.29) is 24.6 Å². The Morgan fingerprint density at radius 2 is 0.684 bits per heavy atom. The Kier molecular flexibility index (Phi) is 44.3. The number of hydrogen-bond acceptors (Lipinski definition) is 17. The van der Waals surface area contributed by atoms with Crippen molar-refractivity contribution in [1.29, 1.82) is 0 Å². The molecule has 0 saturated heterocycles. The van der Waals surface area contributed by atoms with E-state index in [2.05, 4.69) is 30.6 Å². The zero-order chi connectivity index (χ0) is 57.2. The first-order chi connectivity index (χ1) is 38.6. The van der Waals surface area contributed by atoms with Gasteiger partial charge in [-0.1, -0.05) is 130 Å². The highest BCUT2D eigenvalue weighted by Gasteiger charge is 2.17. The van der Waals surface area contributed by atoms with Gasteiger partial charge in [0, 0.05) is 17.2 Å². The molecule has 16 nitrogen and oxygen atoms in total. The SMILES string of the molecule is CCCCCCOC(=O)OCCCCCCN(CCCCCCOC(=O)CCC(=O)c1cc2cc(OC)c(OC)cc2s1)CCCN(CCCCCCOC(=O)OCCCCCC)CCCCCCOC(=O)OCCCCCC. The number of methoxy groups -OCH3 is 2. The molecule has 1 heterocycles. The molecule has 79 heavy (non-hydrogen) atoms. The van der Waals surface area contributed by atoms with Crippen LogP contribution in [0.3, 0.4) is 0 Å². The molecule has 454 valence electrons. The molecule has 0 aliphatic heterocycles. The summed E-state index contributed by atoms with van der Waals surface area (Å²) in [7, 11) is 3.16. The maximum atomic E-state index is 13.0. The summed E-state index contributed by atoms with van der Waals surface area (Å²) in [5.74, 6) is 0.774. The summed E-state index contributed by atoms with van der Waals surface area (Å²) in [6.07, 6.45) is 27.8. The van der Waals surface area contributed by atoms with Crippen molar-refractivity contribution in [2.45, 2.75) is 220 Å². The summed E-state index contributed by atoms with van der Waals surface area (Å²) in [5, 5.41) is 0.896. The van der Waals surface area contributed by atoms with Crippen LogP contribution < -0.4 is 9.47 Å². The number of benzene rings is 1. The largest absolute Gasteiger partial charge is 0.508 e. The number of rotatable bonds is 53. The number of Topliss-reactive ketones (excluding diaryl/α,β-unsaturated/α-hetero) is 1. The van der Waals surface area contributed by atoms with Gasteiger partial charge in [-0.05, 0) is 134 Å². The number of ether oxygens (including phenoxy) is 9. The molecule has 0 spiro atoms. The second-order valence-corrected chi connectivity index (χ2v) is 21.8. The van der Waals surface area contributed by atoms with Crippen molar-refractivity contribution in [3.8, 4) is 11.5 Å². The monoisotopic (exact) mass is 1130 g/mol. The number of carbonyl (C=O) groups is 5. The van der Waals surface area contributed by atoms with Crippen molar-refractivity contribution >= 4 is 51.6 Å². The fourth-order valence-corrected chi connectivity index (χ4v) is 10.1. The van der Waals surface area contributed by atoms with E-state index in [4.69, 9.17) is 42.6 Å². The van der Waals surface area contributed by atoms with Gasteiger partial charge in [0.05, 0.1) is 71.8 Å². The van der Waals surface area contributed by atoms with E-state index in [9.17, 15) is 24.0 Å². The molecule has 2 rings (SSSR count). The van der Waals surface area contributed by atoms with E-state index in [0.717, 1.165) is 236 Å². The van der Waals surface area contributed by atoms with Crippen molar-refractivity contribution in [3.05, 3.63) is 23.1 Å². The van der Waals surface area contributed by atoms with Crippen LogP contribution in [0.4, 0.5) is 14.4 Å². The predicted molar refractivity (Wildman–Crippen MR) is 315 cm³/mol. The van der Waals surface area contributed by atoms with Crippen molar-refractivity contribution in [1.82, 2.24) is 9.80 Å². The lowest BCUT2D eigenvalue weighted by Crippen LogP contribution is -2.32. The van der Waals surface area contributed by atoms with Gasteiger partial charge in [0.25, 0.3) is 0 Å². The maximum absolute atomic E-state index is 13.0. The zero-order valence-corrected chi connectivity index (χ0v) is 50.7.